The van der Waals surface area contributed by atoms with E-state index < -0.39 is 16.9 Å². The highest BCUT2D eigenvalue weighted by Gasteiger charge is 2.51. The molecule has 4 rings (SSSR count). The fourth-order valence-electron chi connectivity index (χ4n) is 4.81. The van der Waals surface area contributed by atoms with Crippen LogP contribution in [0.5, 0.6) is 0 Å². The molecular formula is C23H32N6O5S. The summed E-state index contributed by atoms with van der Waals surface area (Å²) in [6.45, 7) is 10.4. The summed E-state index contributed by atoms with van der Waals surface area (Å²) >= 11 is 1.47. The van der Waals surface area contributed by atoms with E-state index in [0.717, 1.165) is 10.7 Å². The molecule has 4 heterocycles. The quantitative estimate of drug-likeness (QED) is 0.506. The number of nitrogens with zero attached hydrogens (tertiary/aromatic N) is 5. The molecule has 0 aliphatic carbocycles. The lowest BCUT2D eigenvalue weighted by Gasteiger charge is -2.44. The van der Waals surface area contributed by atoms with E-state index in [4.69, 9.17) is 4.74 Å². The number of carboxylic acids is 1. The molecule has 0 spiro atoms. The molecular weight excluding hydrogens is 472 g/mol. The number of hydrogen-bond acceptors (Lipinski definition) is 9. The monoisotopic (exact) mass is 504 g/mol. The Morgan fingerprint density at radius 2 is 2.09 bits per heavy atom. The van der Waals surface area contributed by atoms with Crippen molar-refractivity contribution in [3.8, 4) is 0 Å². The normalized spacial score (nSPS) is 23.2. The van der Waals surface area contributed by atoms with Crippen molar-refractivity contribution in [2.24, 2.45) is 10.4 Å². The number of ether oxygens (including phenoxy) is 1. The summed E-state index contributed by atoms with van der Waals surface area (Å²) in [7, 11) is 0. The number of carboxylic acid groups (broad SMARTS) is 1. The summed E-state index contributed by atoms with van der Waals surface area (Å²) in [6, 6.07) is -0.123. The number of hydrogen-bond donors (Lipinski definition) is 2. The molecule has 2 saturated heterocycles. The van der Waals surface area contributed by atoms with E-state index in [1.165, 1.54) is 11.3 Å². The van der Waals surface area contributed by atoms with Crippen LogP contribution in [0.25, 0.3) is 0 Å². The van der Waals surface area contributed by atoms with Crippen LogP contribution in [-0.2, 0) is 14.3 Å². The lowest BCUT2D eigenvalue weighted by atomic mass is 9.92. The summed E-state index contributed by atoms with van der Waals surface area (Å²) in [4.78, 5) is 51.8. The number of urea groups is 1. The fourth-order valence-corrected chi connectivity index (χ4v) is 5.41. The molecule has 35 heavy (non-hydrogen) atoms. The number of carbonyl (C=O) groups is 3. The van der Waals surface area contributed by atoms with Crippen molar-refractivity contribution in [2.75, 3.05) is 52.4 Å². The molecule has 1 aromatic rings. The van der Waals surface area contributed by atoms with E-state index in [9.17, 15) is 19.5 Å². The second-order valence-electron chi connectivity index (χ2n) is 9.99. The van der Waals surface area contributed by atoms with Gasteiger partial charge in [0, 0.05) is 56.5 Å². The number of amidine groups is 1. The highest BCUT2D eigenvalue weighted by atomic mass is 32.1. The van der Waals surface area contributed by atoms with Gasteiger partial charge in [0.1, 0.15) is 0 Å². The van der Waals surface area contributed by atoms with Crippen LogP contribution in [0.15, 0.2) is 27.8 Å². The molecule has 1 unspecified atom stereocenters. The third-order valence-electron chi connectivity index (χ3n) is 6.62. The molecule has 11 nitrogen and oxygen atoms in total. The minimum absolute atomic E-state index is 0.123. The summed E-state index contributed by atoms with van der Waals surface area (Å²) in [6.07, 6.45) is 1.71. The molecule has 3 aliphatic heterocycles. The SMILES string of the molecule is CCOC(=O)C1=C(CN2CCN3C(=O)N(CC(C)(C)C(=O)O)CC3(C)C2)NC(c2nccs2)=NC1. The Balaban J connectivity index is 1.50. The number of esters is 1. The number of thiazole rings is 1. The Bertz CT molecular complexity index is 1070. The van der Waals surface area contributed by atoms with Crippen molar-refractivity contribution in [3.63, 3.8) is 0 Å². The topological polar surface area (TPSA) is 128 Å². The lowest BCUT2D eigenvalue weighted by molar-refractivity contribution is -0.147. The molecule has 2 N–H and O–H groups in total. The van der Waals surface area contributed by atoms with Gasteiger partial charge in [-0.25, -0.2) is 14.6 Å². The number of aliphatic carboxylic acids is 1. The van der Waals surface area contributed by atoms with Gasteiger partial charge in [0.2, 0.25) is 0 Å². The lowest BCUT2D eigenvalue weighted by Crippen LogP contribution is -2.60. The van der Waals surface area contributed by atoms with E-state index in [2.05, 4.69) is 20.2 Å². The van der Waals surface area contributed by atoms with Gasteiger partial charge in [0.25, 0.3) is 0 Å². The molecule has 190 valence electrons. The number of fused-ring (bicyclic) bond motifs is 1. The molecule has 12 heteroatoms. The molecule has 0 saturated carbocycles. The number of rotatable bonds is 8. The summed E-state index contributed by atoms with van der Waals surface area (Å²) < 4.78 is 5.26. The molecule has 1 atom stereocenters. The molecule has 2 amide bonds. The second kappa shape index (κ2) is 9.57. The van der Waals surface area contributed by atoms with E-state index in [1.54, 1.807) is 31.9 Å². The van der Waals surface area contributed by atoms with Crippen molar-refractivity contribution in [3.05, 3.63) is 27.9 Å². The summed E-state index contributed by atoms with van der Waals surface area (Å²) in [5.41, 5.74) is -0.270. The van der Waals surface area contributed by atoms with Gasteiger partial charge in [-0.05, 0) is 27.7 Å². The number of carbonyl (C=O) groups excluding carboxylic acids is 2. The van der Waals surface area contributed by atoms with Crippen molar-refractivity contribution in [1.82, 2.24) is 25.0 Å². The third kappa shape index (κ3) is 5.03. The van der Waals surface area contributed by atoms with Crippen LogP contribution in [0.2, 0.25) is 0 Å². The van der Waals surface area contributed by atoms with Gasteiger partial charge in [-0.3, -0.25) is 14.7 Å². The maximum atomic E-state index is 13.1. The van der Waals surface area contributed by atoms with Crippen molar-refractivity contribution in [1.29, 1.82) is 0 Å². The fraction of sp³-hybridized carbons (Fsp3) is 0.609. The Morgan fingerprint density at radius 3 is 2.74 bits per heavy atom. The van der Waals surface area contributed by atoms with E-state index >= 15 is 0 Å². The number of piperazine rings is 1. The van der Waals surface area contributed by atoms with Crippen molar-refractivity contribution < 1.29 is 24.2 Å². The van der Waals surface area contributed by atoms with Crippen LogP contribution in [0.4, 0.5) is 4.79 Å². The van der Waals surface area contributed by atoms with Gasteiger partial charge < -0.3 is 25.0 Å². The van der Waals surface area contributed by atoms with Gasteiger partial charge in [0.15, 0.2) is 10.8 Å². The van der Waals surface area contributed by atoms with Crippen LogP contribution < -0.4 is 5.32 Å². The van der Waals surface area contributed by atoms with Crippen LogP contribution >= 0.6 is 11.3 Å². The minimum Gasteiger partial charge on any atom is -0.481 e. The molecule has 3 aliphatic rings. The predicted octanol–water partition coefficient (Wildman–Crippen LogP) is 1.23. The van der Waals surface area contributed by atoms with E-state index in [0.29, 0.717) is 44.1 Å². The Hall–Kier alpha value is -2.99. The number of aromatic nitrogens is 1. The zero-order valence-corrected chi connectivity index (χ0v) is 21.4. The van der Waals surface area contributed by atoms with Gasteiger partial charge in [0.05, 0.1) is 29.7 Å². The van der Waals surface area contributed by atoms with Crippen molar-refractivity contribution >= 4 is 35.1 Å². The molecule has 2 fully saturated rings. The van der Waals surface area contributed by atoms with Crippen LogP contribution in [0.3, 0.4) is 0 Å². The van der Waals surface area contributed by atoms with Gasteiger partial charge in [-0.15, -0.1) is 11.3 Å². The van der Waals surface area contributed by atoms with Gasteiger partial charge >= 0.3 is 18.0 Å². The van der Waals surface area contributed by atoms with Crippen LogP contribution in [0, 0.1) is 5.41 Å². The molecule has 1 aromatic heterocycles. The average Bonchev–Trinajstić information content (AvgIpc) is 3.40. The highest BCUT2D eigenvalue weighted by molar-refractivity contribution is 7.11. The molecule has 0 aromatic carbocycles. The first-order chi connectivity index (χ1) is 16.5. The first-order valence-corrected chi connectivity index (χ1v) is 12.5. The van der Waals surface area contributed by atoms with Gasteiger partial charge in [-0.1, -0.05) is 0 Å². The van der Waals surface area contributed by atoms with E-state index in [-0.39, 0.29) is 31.7 Å². The summed E-state index contributed by atoms with van der Waals surface area (Å²) in [5, 5.41) is 15.4. The first kappa shape index (κ1) is 25.1. The largest absolute Gasteiger partial charge is 0.481 e. The van der Waals surface area contributed by atoms with Gasteiger partial charge in [-0.2, -0.15) is 0 Å². The number of nitrogens with one attached hydrogen (secondary N) is 1. The third-order valence-corrected chi connectivity index (χ3v) is 7.40. The number of aliphatic imine (C=N–C) groups is 1. The highest BCUT2D eigenvalue weighted by Crippen LogP contribution is 2.33. The molecule has 0 radical (unpaired) electrons. The summed E-state index contributed by atoms with van der Waals surface area (Å²) in [5.74, 6) is -0.688. The minimum atomic E-state index is -1.03. The average molecular weight is 505 g/mol. The van der Waals surface area contributed by atoms with Crippen molar-refractivity contribution in [2.45, 2.75) is 33.2 Å². The van der Waals surface area contributed by atoms with Crippen LogP contribution in [-0.4, -0.2) is 107 Å². The smallest absolute Gasteiger partial charge is 0.337 e. The first-order valence-electron chi connectivity index (χ1n) is 11.7. The predicted molar refractivity (Wildman–Crippen MR) is 130 cm³/mol. The zero-order valence-electron chi connectivity index (χ0n) is 20.5. The van der Waals surface area contributed by atoms with E-state index in [1.807, 2.05) is 17.2 Å². The molecule has 0 bridgehead atoms. The number of amides is 2. The van der Waals surface area contributed by atoms with Crippen LogP contribution in [0.1, 0.15) is 32.7 Å². The zero-order chi connectivity index (χ0) is 25.4. The maximum Gasteiger partial charge on any atom is 0.337 e. The maximum absolute atomic E-state index is 13.1. The Morgan fingerprint density at radius 1 is 1.31 bits per heavy atom. The second-order valence-corrected chi connectivity index (χ2v) is 10.9. The standard InChI is InChI=1S/C23H32N6O5S/c1-5-34-19(30)15-10-25-17(18-24-6-9-35-18)26-16(15)11-27-7-8-29-21(33)28(14-23(29,4)13-27)12-22(2,3)20(31)32/h6,9H,5,7-8,10-14H2,1-4H3,(H,25,26)(H,31,32). The Kier molecular flexibility index (Phi) is 6.87. The Labute approximate surface area is 208 Å².